The normalized spacial score (nSPS) is 12.4. The second kappa shape index (κ2) is 38.3. The molecule has 0 unspecified atom stereocenters. The van der Waals surface area contributed by atoms with Crippen molar-refractivity contribution in [2.75, 3.05) is 67.4 Å². The van der Waals surface area contributed by atoms with Crippen LogP contribution in [-0.4, -0.2) is 57.7 Å². The second-order valence-electron chi connectivity index (χ2n) is 25.2. The molecule has 592 valence electrons. The van der Waals surface area contributed by atoms with Crippen LogP contribution in [0.25, 0.3) is 44.1 Å². The maximum Gasteiger partial charge on any atom is 0.172 e. The Morgan fingerprint density at radius 3 is 0.957 bits per heavy atom. The van der Waals surface area contributed by atoms with Crippen molar-refractivity contribution in [1.82, 2.24) is 29.5 Å². The van der Waals surface area contributed by atoms with Crippen LogP contribution in [0.15, 0.2) is 288 Å². The zero-order valence-electron chi connectivity index (χ0n) is 61.7. The Morgan fingerprint density at radius 1 is 0.310 bits per heavy atom. The molecule has 0 amide bonds. The van der Waals surface area contributed by atoms with Crippen molar-refractivity contribution in [3.63, 3.8) is 0 Å². The van der Waals surface area contributed by atoms with E-state index in [4.69, 9.17) is 27.9 Å². The van der Waals surface area contributed by atoms with Gasteiger partial charge in [-0.1, -0.05) is 101 Å². The number of para-hydroxylation sites is 8. The van der Waals surface area contributed by atoms with Crippen LogP contribution in [0.1, 0.15) is 0 Å². The number of benzene rings is 12. The summed E-state index contributed by atoms with van der Waals surface area (Å²) >= 11 is 2.92. The van der Waals surface area contributed by atoms with E-state index in [1.165, 1.54) is 24.1 Å². The zero-order valence-corrected chi connectivity index (χ0v) is 72.4. The van der Waals surface area contributed by atoms with E-state index in [-0.39, 0.29) is 84.3 Å². The monoisotopic (exact) mass is 2280 g/mol. The number of anilines is 12. The molecule has 4 aromatic heterocycles. The number of hydrogen-bond donors (Lipinski definition) is 0. The standard InChI is InChI=1S/C23H16N3O2.C23H16N3OS.C22H15N4O2.C22H15N4OS.4Pt/c1-25-16-26(22-11-3-2-10-21(22)25)18-7-5-9-20(15-18)28-19-8-4-6-17(14-19)23-24-12-13-27-23;1-25-16-26(22-11-3-2-10-21(22)25)18-7-5-9-20(15-18)27-19-8-4-6-17(14-19)23-24-12-13-28-23;2*1-25-15-26(21-11-3-2-10-20(21)25)17-7-5-9-19(13-17)27-18-8-4-6-16(12-18)22-23-14-24-28-22;;;;/h2*2-13,16H,1H3;2*2-11,14-15H,1H3;;;;/q4*-3;;;;. The van der Waals surface area contributed by atoms with Crippen LogP contribution in [0.5, 0.6) is 46.0 Å². The molecule has 12 aromatic carbocycles. The number of fused-ring (bicyclic) bond motifs is 4. The molecule has 0 saturated heterocycles. The smallest absolute Gasteiger partial charge is 0.172 e. The van der Waals surface area contributed by atoms with Gasteiger partial charge < -0.3 is 67.1 Å². The molecule has 20 rings (SSSR count). The minimum atomic E-state index is 0. The molecule has 0 spiro atoms. The number of hydrogen-bond acceptors (Lipinski definition) is 22. The summed E-state index contributed by atoms with van der Waals surface area (Å²) in [6, 6.07) is 105. The Labute approximate surface area is 738 Å². The Morgan fingerprint density at radius 2 is 0.638 bits per heavy atom. The van der Waals surface area contributed by atoms with Crippen molar-refractivity contribution < 1.29 is 112 Å². The fourth-order valence-electron chi connectivity index (χ4n) is 12.7. The molecule has 0 fully saturated rings. The summed E-state index contributed by atoms with van der Waals surface area (Å²) < 4.78 is 38.5. The van der Waals surface area contributed by atoms with E-state index in [0.717, 1.165) is 95.0 Å². The molecule has 4 aliphatic heterocycles. The summed E-state index contributed by atoms with van der Waals surface area (Å²) in [5, 5.41) is 7.32. The molecule has 26 heteroatoms. The Bertz CT molecular complexity index is 5190. The van der Waals surface area contributed by atoms with E-state index in [1.807, 2.05) is 248 Å². The van der Waals surface area contributed by atoms with Crippen LogP contribution in [0.2, 0.25) is 0 Å². The van der Waals surface area contributed by atoms with Gasteiger partial charge in [0.25, 0.3) is 0 Å². The first-order valence-electron chi connectivity index (χ1n) is 35.2. The number of nitrogens with zero attached hydrogens (tertiary/aromatic N) is 14. The third-order valence-electron chi connectivity index (χ3n) is 17.8. The first-order chi connectivity index (χ1) is 55.1. The van der Waals surface area contributed by atoms with Crippen molar-refractivity contribution in [2.24, 2.45) is 0 Å². The summed E-state index contributed by atoms with van der Waals surface area (Å²) in [5.41, 5.74) is 15.9. The van der Waals surface area contributed by atoms with E-state index in [0.29, 0.717) is 63.3 Å². The molecular weight excluding hydrogens is 2220 g/mol. The van der Waals surface area contributed by atoms with E-state index >= 15 is 0 Å². The molecule has 0 atom stereocenters. The fraction of sp³-hybridized carbons (Fsp3) is 0.0444. The van der Waals surface area contributed by atoms with Crippen LogP contribution in [0.4, 0.5) is 68.2 Å². The van der Waals surface area contributed by atoms with Crippen molar-refractivity contribution in [1.29, 1.82) is 0 Å². The first kappa shape index (κ1) is 82.5. The molecule has 0 radical (unpaired) electrons. The van der Waals surface area contributed by atoms with Gasteiger partial charge in [0.05, 0.1) is 17.5 Å². The fourth-order valence-corrected chi connectivity index (χ4v) is 13.8. The number of rotatable bonds is 16. The maximum absolute atomic E-state index is 6.04. The van der Waals surface area contributed by atoms with Crippen LogP contribution >= 0.6 is 22.9 Å². The predicted octanol–water partition coefficient (Wildman–Crippen LogP) is 21.5. The number of ether oxygens (including phenoxy) is 4. The maximum atomic E-state index is 6.04. The first-order valence-corrected chi connectivity index (χ1v) is 36.8. The zero-order chi connectivity index (χ0) is 75.7. The summed E-state index contributed by atoms with van der Waals surface area (Å²) in [6.45, 7) is 8.16. The molecule has 4 aliphatic rings. The van der Waals surface area contributed by atoms with Crippen molar-refractivity contribution in [2.45, 2.75) is 0 Å². The van der Waals surface area contributed by atoms with Gasteiger partial charge in [-0.25, -0.2) is 4.98 Å². The van der Waals surface area contributed by atoms with Gasteiger partial charge in [-0.05, 0) is 76.7 Å². The van der Waals surface area contributed by atoms with Gasteiger partial charge in [0.15, 0.2) is 5.89 Å². The van der Waals surface area contributed by atoms with Crippen LogP contribution in [0.3, 0.4) is 0 Å². The second-order valence-corrected chi connectivity index (χ2v) is 26.9. The van der Waals surface area contributed by atoms with Gasteiger partial charge in [-0.2, -0.15) is 66.7 Å². The summed E-state index contributed by atoms with van der Waals surface area (Å²) in [7, 11) is 8.13. The minimum absolute atomic E-state index is 0. The Kier molecular flexibility index (Phi) is 27.3. The third kappa shape index (κ3) is 18.9. The molecule has 0 N–H and O–H groups in total. The summed E-state index contributed by atoms with van der Waals surface area (Å²) in [5.74, 6) is 5.76. The third-order valence-corrected chi connectivity index (χ3v) is 19.3. The van der Waals surface area contributed by atoms with Crippen molar-refractivity contribution >= 4 is 91.1 Å². The van der Waals surface area contributed by atoms with Gasteiger partial charge in [-0.3, -0.25) is 15.0 Å². The number of aromatic nitrogens is 6. The average Bonchev–Trinajstić information content (AvgIpc) is 1.66. The van der Waals surface area contributed by atoms with Crippen LogP contribution < -0.4 is 58.1 Å². The number of thiazole rings is 1. The van der Waals surface area contributed by atoms with Gasteiger partial charge in [0, 0.05) is 192 Å². The summed E-state index contributed by atoms with van der Waals surface area (Å²) in [6.07, 6.45) is 7.83. The van der Waals surface area contributed by atoms with E-state index in [9.17, 15) is 0 Å². The number of oxazole rings is 1. The van der Waals surface area contributed by atoms with Crippen LogP contribution in [-0.2, 0) is 84.3 Å². The molecule has 0 bridgehead atoms. The average molecular weight is 2280 g/mol. The quantitative estimate of drug-likeness (QED) is 0.0837. The molecule has 16 aromatic rings. The molecule has 0 saturated carbocycles. The molecule has 116 heavy (non-hydrogen) atoms. The SMILES string of the molecule is CN1[CH-]N(c2[c-]c(Oc3[c-]c(-c4ncco4)ccc3)ccc2)c2ccccc21.CN1[CH-]N(c2[c-]c(Oc3[c-]c(-c4nccs4)ccc3)ccc2)c2ccccc21.CN1[CH-]N(c2[c-]c(Oc3[c-]c(-c4ncno4)ccc3)ccc2)c2ccccc21.CN1[CH-]N(c2[c-]c(Oc3[c-]c(-c4ncns4)ccc3)ccc2)c2ccccc21.[Pt].[Pt].[Pt].[Pt]. The summed E-state index contributed by atoms with van der Waals surface area (Å²) in [4.78, 5) is 33.5. The Balaban J connectivity index is 0.000000133. The van der Waals surface area contributed by atoms with E-state index < -0.39 is 0 Å². The van der Waals surface area contributed by atoms with E-state index in [1.54, 1.807) is 30.1 Å². The minimum Gasteiger partial charge on any atom is -0.504 e. The van der Waals surface area contributed by atoms with Gasteiger partial charge >= 0.3 is 0 Å². The van der Waals surface area contributed by atoms with Crippen molar-refractivity contribution in [3.05, 3.63) is 355 Å². The van der Waals surface area contributed by atoms with Gasteiger partial charge in [-0.15, -0.1) is 179 Å². The van der Waals surface area contributed by atoms with Crippen LogP contribution in [0, 0.1) is 75.2 Å². The predicted molar refractivity (Wildman–Crippen MR) is 436 cm³/mol. The Hall–Kier alpha value is -11.5. The van der Waals surface area contributed by atoms with E-state index in [2.05, 4.69) is 172 Å². The van der Waals surface area contributed by atoms with Gasteiger partial charge in [0.2, 0.25) is 0 Å². The van der Waals surface area contributed by atoms with Crippen molar-refractivity contribution in [3.8, 4) is 90.0 Å². The largest absolute Gasteiger partial charge is 0.504 e. The molecule has 20 nitrogen and oxygen atoms in total. The van der Waals surface area contributed by atoms with Gasteiger partial charge in [0.1, 0.15) is 18.5 Å². The topological polar surface area (TPSA) is 166 Å². The molecular formula is C90H62N14O6Pt4S2-12. The molecule has 8 heterocycles. The molecule has 0 aliphatic carbocycles.